The molecule has 0 fully saturated rings. The van der Waals surface area contributed by atoms with Crippen molar-refractivity contribution >= 4 is 320 Å². The first-order valence-corrected chi connectivity index (χ1v) is 2.27. The van der Waals surface area contributed by atoms with Crippen LogP contribution >= 0.6 is 0 Å². The molecule has 0 heterocycles. The van der Waals surface area contributed by atoms with Crippen molar-refractivity contribution in [2.24, 2.45) is 0 Å². The van der Waals surface area contributed by atoms with Crippen LogP contribution in [0.1, 0.15) is 0 Å². The predicted octanol–water partition coefficient (Wildman–Crippen LogP) is -3.54. The standard InChI is InChI=1S/C4H7NO4.6K/c6-3(7)1-5-2-4(8)9;;;;;;/h5H,1-2H2,(H,6,7)(H,8,9);;;;;;. The molecule has 0 aliphatic rings. The minimum atomic E-state index is -1.06. The molecule has 0 rings (SSSR count). The first-order valence-electron chi connectivity index (χ1n) is 2.27. The Labute approximate surface area is 345 Å². The van der Waals surface area contributed by atoms with Crippen molar-refractivity contribution in [3.63, 3.8) is 0 Å². The van der Waals surface area contributed by atoms with Crippen LogP contribution in [0.15, 0.2) is 0 Å². The molecule has 0 bridgehead atoms. The molecule has 58 valence electrons. The second-order valence-corrected chi connectivity index (χ2v) is 1.39. The monoisotopic (exact) mass is 367 g/mol. The molecule has 0 atom stereocenters. The van der Waals surface area contributed by atoms with Crippen molar-refractivity contribution in [3.05, 3.63) is 0 Å². The molecule has 6 radical (unpaired) electrons. The van der Waals surface area contributed by atoms with Crippen molar-refractivity contribution in [3.8, 4) is 0 Å². The van der Waals surface area contributed by atoms with Gasteiger partial charge in [0.2, 0.25) is 0 Å². The van der Waals surface area contributed by atoms with Gasteiger partial charge in [0.25, 0.3) is 0 Å². The first kappa shape index (κ1) is 43.8. The zero-order chi connectivity index (χ0) is 7.28. The Bertz CT molecular complexity index is 122. The van der Waals surface area contributed by atoms with Gasteiger partial charge in [-0.1, -0.05) is 0 Å². The fourth-order valence-electron chi connectivity index (χ4n) is 0.276. The fraction of sp³-hybridized carbons (Fsp3) is 0.500. The van der Waals surface area contributed by atoms with Gasteiger partial charge in [-0.05, 0) is 0 Å². The van der Waals surface area contributed by atoms with Crippen molar-refractivity contribution in [2.75, 3.05) is 13.1 Å². The van der Waals surface area contributed by atoms with E-state index in [0.29, 0.717) is 0 Å². The summed E-state index contributed by atoms with van der Waals surface area (Å²) in [4.78, 5) is 19.5. The number of rotatable bonds is 4. The summed E-state index contributed by atoms with van der Waals surface area (Å²) in [6.07, 6.45) is 0. The van der Waals surface area contributed by atoms with Gasteiger partial charge in [-0.15, -0.1) is 0 Å². The van der Waals surface area contributed by atoms with E-state index in [1.165, 1.54) is 0 Å². The summed E-state index contributed by atoms with van der Waals surface area (Å²) < 4.78 is 0. The summed E-state index contributed by atoms with van der Waals surface area (Å²) in [6.45, 7) is -0.626. The van der Waals surface area contributed by atoms with Crippen LogP contribution in [0.5, 0.6) is 0 Å². The number of carbonyl (C=O) groups is 2. The summed E-state index contributed by atoms with van der Waals surface area (Å²) in [5.74, 6) is -2.12. The van der Waals surface area contributed by atoms with E-state index in [1.54, 1.807) is 0 Å². The molecule has 0 aromatic carbocycles. The van der Waals surface area contributed by atoms with Crippen LogP contribution in [0, 0.1) is 0 Å². The van der Waals surface area contributed by atoms with Gasteiger partial charge in [0, 0.05) is 308 Å². The average molecular weight is 368 g/mol. The molecule has 11 heteroatoms. The molecule has 0 aliphatic carbocycles. The zero-order valence-electron chi connectivity index (χ0n) is 10.6. The van der Waals surface area contributed by atoms with Crippen molar-refractivity contribution in [2.45, 2.75) is 0 Å². The molecular weight excluding hydrogens is 361 g/mol. The van der Waals surface area contributed by atoms with Crippen LogP contribution in [0.3, 0.4) is 0 Å². The summed E-state index contributed by atoms with van der Waals surface area (Å²) >= 11 is 0. The van der Waals surface area contributed by atoms with E-state index in [4.69, 9.17) is 10.2 Å². The second-order valence-electron chi connectivity index (χ2n) is 1.39. The summed E-state index contributed by atoms with van der Waals surface area (Å²) in [7, 11) is 0. The topological polar surface area (TPSA) is 86.6 Å². The van der Waals surface area contributed by atoms with Gasteiger partial charge < -0.3 is 10.2 Å². The van der Waals surface area contributed by atoms with Gasteiger partial charge in [0.1, 0.15) is 0 Å². The third kappa shape index (κ3) is 45.0. The maximum atomic E-state index is 9.73. The van der Waals surface area contributed by atoms with Crippen LogP contribution < -0.4 is 5.32 Å². The number of aliphatic carboxylic acids is 2. The van der Waals surface area contributed by atoms with Crippen LogP contribution in [-0.4, -0.2) is 344 Å². The smallest absolute Gasteiger partial charge is 0.317 e. The van der Waals surface area contributed by atoms with Crippen LogP contribution in [-0.2, 0) is 9.59 Å². The van der Waals surface area contributed by atoms with Crippen LogP contribution in [0.2, 0.25) is 0 Å². The molecular formula is C4H7K6NO4. The van der Waals surface area contributed by atoms with Gasteiger partial charge in [0.05, 0.1) is 13.1 Å². The van der Waals surface area contributed by atoms with Gasteiger partial charge in [-0.2, -0.15) is 0 Å². The number of carboxylic acid groups (broad SMARTS) is 2. The Kier molecular flexibility index (Phi) is 99.7. The average Bonchev–Trinajstić information content (AvgIpc) is 1.63. The molecule has 5 nitrogen and oxygen atoms in total. The summed E-state index contributed by atoms with van der Waals surface area (Å²) in [5, 5.41) is 18.1. The molecule has 0 amide bonds. The third-order valence-corrected chi connectivity index (χ3v) is 0.552. The number of nitrogens with one attached hydrogen (secondary N) is 1. The van der Waals surface area contributed by atoms with Gasteiger partial charge in [-0.3, -0.25) is 14.9 Å². The van der Waals surface area contributed by atoms with E-state index >= 15 is 0 Å². The van der Waals surface area contributed by atoms with E-state index in [0.717, 1.165) is 0 Å². The van der Waals surface area contributed by atoms with Gasteiger partial charge >= 0.3 is 11.9 Å². The maximum absolute atomic E-state index is 9.73. The van der Waals surface area contributed by atoms with Gasteiger partial charge in [-0.25, -0.2) is 0 Å². The molecule has 3 N–H and O–H groups in total. The van der Waals surface area contributed by atoms with Crippen molar-refractivity contribution in [1.29, 1.82) is 0 Å². The molecule has 0 aliphatic heterocycles. The van der Waals surface area contributed by atoms with Gasteiger partial charge in [0.15, 0.2) is 0 Å². The zero-order valence-corrected chi connectivity index (χ0v) is 29.4. The normalized spacial score (nSPS) is 5.33. The van der Waals surface area contributed by atoms with Crippen LogP contribution in [0.25, 0.3) is 0 Å². The van der Waals surface area contributed by atoms with E-state index in [-0.39, 0.29) is 321 Å². The maximum Gasteiger partial charge on any atom is 0.317 e. The predicted molar refractivity (Wildman–Crippen MR) is 62.7 cm³/mol. The molecule has 15 heavy (non-hydrogen) atoms. The van der Waals surface area contributed by atoms with E-state index in [1.807, 2.05) is 0 Å². The Balaban J connectivity index is -0.0000000213. The fourth-order valence-corrected chi connectivity index (χ4v) is 0.276. The summed E-state index contributed by atoms with van der Waals surface area (Å²) in [6, 6.07) is 0. The molecule has 0 spiro atoms. The Hall–Kier alpha value is 8.72. The summed E-state index contributed by atoms with van der Waals surface area (Å²) in [5.41, 5.74) is 0. The molecule has 0 saturated carbocycles. The number of carboxylic acids is 2. The van der Waals surface area contributed by atoms with E-state index < -0.39 is 11.9 Å². The largest absolute Gasteiger partial charge is 0.480 e. The quantitative estimate of drug-likeness (QED) is 0.448. The Morgan fingerprint density at radius 2 is 0.933 bits per heavy atom. The number of hydrogen-bond acceptors (Lipinski definition) is 3. The minimum absolute atomic E-state index is 0. The molecule has 0 aromatic heterocycles. The van der Waals surface area contributed by atoms with Crippen LogP contribution in [0.4, 0.5) is 0 Å². The second kappa shape index (κ2) is 34.1. The van der Waals surface area contributed by atoms with Crippen molar-refractivity contribution in [1.82, 2.24) is 5.32 Å². The first-order chi connectivity index (χ1) is 4.13. The third-order valence-electron chi connectivity index (χ3n) is 0.552. The Morgan fingerprint density at radius 1 is 0.733 bits per heavy atom. The molecule has 0 unspecified atom stereocenters. The SMILES string of the molecule is O=C(O)CNCC(=O)O.[K].[K].[K].[K].[K].[K]. The van der Waals surface area contributed by atoms with Crippen molar-refractivity contribution < 1.29 is 19.8 Å². The van der Waals surface area contributed by atoms with E-state index in [9.17, 15) is 9.59 Å². The molecule has 0 saturated heterocycles. The van der Waals surface area contributed by atoms with E-state index in [2.05, 4.69) is 5.32 Å². The number of hydrogen-bond donors (Lipinski definition) is 3. The minimum Gasteiger partial charge on any atom is -0.480 e. The Morgan fingerprint density at radius 3 is 1.07 bits per heavy atom. The molecule has 0 aromatic rings.